The third-order valence-corrected chi connectivity index (χ3v) is 4.29. The van der Waals surface area contributed by atoms with Crippen LogP contribution in [0.15, 0.2) is 17.5 Å². The first-order valence-electron chi connectivity index (χ1n) is 6.83. The van der Waals surface area contributed by atoms with E-state index >= 15 is 0 Å². The summed E-state index contributed by atoms with van der Waals surface area (Å²) in [5, 5.41) is 5.68. The third-order valence-electron chi connectivity index (χ3n) is 3.43. The highest BCUT2D eigenvalue weighted by molar-refractivity contribution is 7.09. The summed E-state index contributed by atoms with van der Waals surface area (Å²) < 4.78 is 5.50. The van der Waals surface area contributed by atoms with Crippen molar-refractivity contribution in [2.24, 2.45) is 0 Å². The molecule has 1 N–H and O–H groups in total. The van der Waals surface area contributed by atoms with Gasteiger partial charge in [0.15, 0.2) is 0 Å². The first-order valence-corrected chi connectivity index (χ1v) is 7.71. The Labute approximate surface area is 114 Å². The lowest BCUT2D eigenvalue weighted by atomic mass is 10.1. The molecule has 1 saturated heterocycles. The van der Waals surface area contributed by atoms with Crippen molar-refractivity contribution in [1.29, 1.82) is 0 Å². The van der Waals surface area contributed by atoms with Gasteiger partial charge in [0.05, 0.1) is 13.2 Å². The van der Waals surface area contributed by atoms with Crippen molar-refractivity contribution >= 4 is 11.3 Å². The highest BCUT2D eigenvalue weighted by Gasteiger charge is 2.16. The predicted molar refractivity (Wildman–Crippen MR) is 77.1 cm³/mol. The zero-order valence-corrected chi connectivity index (χ0v) is 12.2. The minimum absolute atomic E-state index is 0.531. The van der Waals surface area contributed by atoms with E-state index in [0.29, 0.717) is 12.1 Å². The second-order valence-corrected chi connectivity index (χ2v) is 6.19. The fourth-order valence-electron chi connectivity index (χ4n) is 2.25. The maximum Gasteiger partial charge on any atom is 0.0620 e. The molecule has 18 heavy (non-hydrogen) atoms. The number of hydrogen-bond donors (Lipinski definition) is 1. The summed E-state index contributed by atoms with van der Waals surface area (Å²) in [5.74, 6) is 0. The average Bonchev–Trinajstić information content (AvgIpc) is 2.88. The molecule has 0 aromatic carbocycles. The van der Waals surface area contributed by atoms with E-state index in [4.69, 9.17) is 4.74 Å². The van der Waals surface area contributed by atoms with E-state index in [1.165, 1.54) is 11.3 Å². The molecule has 3 nitrogen and oxygen atoms in total. The smallest absolute Gasteiger partial charge is 0.0620 e. The van der Waals surface area contributed by atoms with E-state index < -0.39 is 0 Å². The Morgan fingerprint density at radius 2 is 2.44 bits per heavy atom. The van der Waals surface area contributed by atoms with E-state index in [9.17, 15) is 0 Å². The predicted octanol–water partition coefficient (Wildman–Crippen LogP) is 2.34. The standard InChI is InChI=1S/C14H24N2OS/c1-12(2)16(10-14-4-3-9-18-14)7-5-13-11-17-8-6-15-13/h3-4,9,12-13,15H,5-8,10-11H2,1-2H3. The van der Waals surface area contributed by atoms with Crippen molar-refractivity contribution in [1.82, 2.24) is 10.2 Å². The van der Waals surface area contributed by atoms with Crippen molar-refractivity contribution in [3.8, 4) is 0 Å². The van der Waals surface area contributed by atoms with Crippen LogP contribution < -0.4 is 5.32 Å². The molecule has 1 atom stereocenters. The largest absolute Gasteiger partial charge is 0.379 e. The zero-order chi connectivity index (χ0) is 12.8. The number of nitrogens with zero attached hydrogens (tertiary/aromatic N) is 1. The number of rotatable bonds is 6. The summed E-state index contributed by atoms with van der Waals surface area (Å²) in [5.41, 5.74) is 0. The second-order valence-electron chi connectivity index (χ2n) is 5.16. The molecule has 102 valence electrons. The van der Waals surface area contributed by atoms with Gasteiger partial charge in [0, 0.05) is 36.6 Å². The molecule has 0 bridgehead atoms. The summed E-state index contributed by atoms with van der Waals surface area (Å²) >= 11 is 1.85. The lowest BCUT2D eigenvalue weighted by molar-refractivity contribution is 0.0677. The molecule has 1 aromatic heterocycles. The fourth-order valence-corrected chi connectivity index (χ4v) is 2.98. The van der Waals surface area contributed by atoms with E-state index in [1.54, 1.807) is 0 Å². The van der Waals surface area contributed by atoms with E-state index in [1.807, 2.05) is 11.3 Å². The molecule has 0 spiro atoms. The van der Waals surface area contributed by atoms with Gasteiger partial charge in [0.2, 0.25) is 0 Å². The maximum atomic E-state index is 5.50. The molecular weight excluding hydrogens is 244 g/mol. The molecule has 4 heteroatoms. The zero-order valence-electron chi connectivity index (χ0n) is 11.4. The highest BCUT2D eigenvalue weighted by atomic mass is 32.1. The van der Waals surface area contributed by atoms with Crippen LogP contribution >= 0.6 is 11.3 Å². The highest BCUT2D eigenvalue weighted by Crippen LogP contribution is 2.14. The van der Waals surface area contributed by atoms with Gasteiger partial charge >= 0.3 is 0 Å². The molecule has 0 radical (unpaired) electrons. The Kier molecular flexibility index (Phi) is 5.63. The van der Waals surface area contributed by atoms with Crippen LogP contribution in [0.3, 0.4) is 0 Å². The molecule has 1 aliphatic rings. The number of morpholine rings is 1. The number of ether oxygens (including phenoxy) is 1. The number of nitrogens with one attached hydrogen (secondary N) is 1. The maximum absolute atomic E-state index is 5.50. The van der Waals surface area contributed by atoms with Crippen LogP contribution in [0, 0.1) is 0 Å². The summed E-state index contributed by atoms with van der Waals surface area (Å²) in [7, 11) is 0. The van der Waals surface area contributed by atoms with Crippen LogP contribution in [0.4, 0.5) is 0 Å². The summed E-state index contributed by atoms with van der Waals surface area (Å²) in [6, 6.07) is 5.48. The Balaban J connectivity index is 1.78. The van der Waals surface area contributed by atoms with E-state index in [0.717, 1.165) is 32.8 Å². The van der Waals surface area contributed by atoms with Gasteiger partial charge in [-0.1, -0.05) is 6.07 Å². The van der Waals surface area contributed by atoms with Gasteiger partial charge in [0.25, 0.3) is 0 Å². The minimum Gasteiger partial charge on any atom is -0.379 e. The van der Waals surface area contributed by atoms with E-state index in [2.05, 4.69) is 41.6 Å². The summed E-state index contributed by atoms with van der Waals surface area (Å²) in [6.45, 7) is 9.48. The SMILES string of the molecule is CC(C)N(CCC1COCCN1)Cc1cccs1. The molecule has 1 aromatic rings. The average molecular weight is 268 g/mol. The number of thiophene rings is 1. The lowest BCUT2D eigenvalue weighted by Gasteiger charge is -2.30. The number of hydrogen-bond acceptors (Lipinski definition) is 4. The van der Waals surface area contributed by atoms with Gasteiger partial charge in [-0.25, -0.2) is 0 Å². The van der Waals surface area contributed by atoms with Crippen LogP contribution in [0.2, 0.25) is 0 Å². The van der Waals surface area contributed by atoms with Gasteiger partial charge in [0.1, 0.15) is 0 Å². The molecule has 1 fully saturated rings. The van der Waals surface area contributed by atoms with Gasteiger partial charge in [-0.3, -0.25) is 4.90 Å². The Morgan fingerprint density at radius 3 is 3.06 bits per heavy atom. The first kappa shape index (κ1) is 14.0. The van der Waals surface area contributed by atoms with Crippen molar-refractivity contribution in [2.45, 2.75) is 38.9 Å². The fraction of sp³-hybridized carbons (Fsp3) is 0.714. The van der Waals surface area contributed by atoms with Crippen molar-refractivity contribution < 1.29 is 4.74 Å². The van der Waals surface area contributed by atoms with Crippen LogP contribution in [-0.4, -0.2) is 43.3 Å². The normalized spacial score (nSPS) is 20.8. The lowest BCUT2D eigenvalue weighted by Crippen LogP contribution is -2.44. The van der Waals surface area contributed by atoms with Gasteiger partial charge in [-0.15, -0.1) is 11.3 Å². The van der Waals surface area contributed by atoms with Crippen LogP contribution in [-0.2, 0) is 11.3 Å². The first-order chi connectivity index (χ1) is 8.75. The molecule has 1 unspecified atom stereocenters. The van der Waals surface area contributed by atoms with Crippen LogP contribution in [0.5, 0.6) is 0 Å². The summed E-state index contributed by atoms with van der Waals surface area (Å²) in [6.07, 6.45) is 1.17. The molecule has 0 saturated carbocycles. The Bertz CT molecular complexity index is 321. The monoisotopic (exact) mass is 268 g/mol. The molecule has 2 heterocycles. The van der Waals surface area contributed by atoms with Crippen molar-refractivity contribution in [2.75, 3.05) is 26.3 Å². The van der Waals surface area contributed by atoms with Crippen molar-refractivity contribution in [3.63, 3.8) is 0 Å². The molecular formula is C14H24N2OS. The van der Waals surface area contributed by atoms with Crippen LogP contribution in [0.25, 0.3) is 0 Å². The van der Waals surface area contributed by atoms with Gasteiger partial charge in [-0.2, -0.15) is 0 Å². The molecule has 1 aliphatic heterocycles. The third kappa shape index (κ3) is 4.35. The van der Waals surface area contributed by atoms with Crippen LogP contribution in [0.1, 0.15) is 25.1 Å². The Hall–Kier alpha value is -0.420. The molecule has 0 aliphatic carbocycles. The summed E-state index contributed by atoms with van der Waals surface area (Å²) in [4.78, 5) is 4.00. The van der Waals surface area contributed by atoms with E-state index in [-0.39, 0.29) is 0 Å². The minimum atomic E-state index is 0.531. The second kappa shape index (κ2) is 7.24. The van der Waals surface area contributed by atoms with Gasteiger partial charge < -0.3 is 10.1 Å². The Morgan fingerprint density at radius 1 is 1.56 bits per heavy atom. The van der Waals surface area contributed by atoms with Crippen molar-refractivity contribution in [3.05, 3.63) is 22.4 Å². The topological polar surface area (TPSA) is 24.5 Å². The van der Waals surface area contributed by atoms with Gasteiger partial charge in [-0.05, 0) is 31.7 Å². The molecule has 0 amide bonds. The quantitative estimate of drug-likeness (QED) is 0.857. The molecule has 2 rings (SSSR count).